The van der Waals surface area contributed by atoms with Gasteiger partial charge in [0.15, 0.2) is 0 Å². The van der Waals surface area contributed by atoms with E-state index >= 15 is 0 Å². The number of hydrogen-bond donors (Lipinski definition) is 1. The second-order valence-electron chi connectivity index (χ2n) is 5.44. The van der Waals surface area contributed by atoms with Gasteiger partial charge < -0.3 is 15.0 Å². The molecule has 0 radical (unpaired) electrons. The Morgan fingerprint density at radius 1 is 1.15 bits per heavy atom. The van der Waals surface area contributed by atoms with E-state index in [1.807, 2.05) is 37.4 Å². The van der Waals surface area contributed by atoms with Crippen LogP contribution in [0.5, 0.6) is 5.75 Å². The van der Waals surface area contributed by atoms with Crippen molar-refractivity contribution in [1.82, 2.24) is 9.97 Å². The molecule has 3 rings (SSSR count). The summed E-state index contributed by atoms with van der Waals surface area (Å²) in [5.74, 6) is 0.617. The van der Waals surface area contributed by atoms with E-state index in [0.29, 0.717) is 22.4 Å². The van der Waals surface area contributed by atoms with Crippen LogP contribution in [-0.4, -0.2) is 30.0 Å². The number of hydrogen-bond acceptors (Lipinski definition) is 5. The zero-order chi connectivity index (χ0) is 18.5. The summed E-state index contributed by atoms with van der Waals surface area (Å²) in [6, 6.07) is 16.2. The number of nitrogens with zero attached hydrogens (tertiary/aromatic N) is 3. The number of carbonyl (C=O) groups excluding carboxylic acids is 1. The van der Waals surface area contributed by atoms with Crippen molar-refractivity contribution in [3.05, 3.63) is 71.5 Å². The quantitative estimate of drug-likeness (QED) is 0.732. The Balaban J connectivity index is 1.79. The topological polar surface area (TPSA) is 67.3 Å². The van der Waals surface area contributed by atoms with Gasteiger partial charge in [-0.25, -0.2) is 9.97 Å². The number of para-hydroxylation sites is 1. The minimum Gasteiger partial charge on any atom is -0.495 e. The Morgan fingerprint density at radius 3 is 2.62 bits per heavy atom. The largest absolute Gasteiger partial charge is 0.495 e. The SMILES string of the molecule is COc1ccc(NC(=O)c2ccnc(N(C)c3ccccc3)n2)cc1Cl. The molecule has 3 aromatic rings. The maximum absolute atomic E-state index is 12.5. The second kappa shape index (κ2) is 7.84. The lowest BCUT2D eigenvalue weighted by Crippen LogP contribution is -2.18. The summed E-state index contributed by atoms with van der Waals surface area (Å²) in [7, 11) is 3.38. The van der Waals surface area contributed by atoms with Crippen LogP contribution in [0.2, 0.25) is 5.02 Å². The number of rotatable bonds is 5. The third-order valence-corrected chi connectivity index (χ3v) is 4.02. The normalized spacial score (nSPS) is 10.3. The molecule has 1 heterocycles. The van der Waals surface area contributed by atoms with E-state index in [1.165, 1.54) is 7.11 Å². The first kappa shape index (κ1) is 17.7. The van der Waals surface area contributed by atoms with Crippen molar-refractivity contribution in [2.24, 2.45) is 0 Å². The third kappa shape index (κ3) is 3.92. The van der Waals surface area contributed by atoms with Crippen LogP contribution < -0.4 is 15.0 Å². The van der Waals surface area contributed by atoms with Crippen molar-refractivity contribution in [3.8, 4) is 5.75 Å². The molecule has 7 heteroatoms. The van der Waals surface area contributed by atoms with Gasteiger partial charge >= 0.3 is 0 Å². The van der Waals surface area contributed by atoms with Crippen LogP contribution in [0.1, 0.15) is 10.5 Å². The van der Waals surface area contributed by atoms with E-state index in [9.17, 15) is 4.79 Å². The number of nitrogens with one attached hydrogen (secondary N) is 1. The predicted octanol–water partition coefficient (Wildman–Crippen LogP) is 4.16. The second-order valence-corrected chi connectivity index (χ2v) is 5.85. The summed E-state index contributed by atoms with van der Waals surface area (Å²) < 4.78 is 5.10. The first-order valence-corrected chi connectivity index (χ1v) is 8.23. The van der Waals surface area contributed by atoms with Gasteiger partial charge in [-0.2, -0.15) is 0 Å². The molecule has 0 atom stereocenters. The number of benzene rings is 2. The van der Waals surface area contributed by atoms with Gasteiger partial charge in [-0.3, -0.25) is 4.79 Å². The van der Waals surface area contributed by atoms with Crippen LogP contribution in [-0.2, 0) is 0 Å². The summed E-state index contributed by atoms with van der Waals surface area (Å²) >= 11 is 6.09. The molecule has 132 valence electrons. The number of halogens is 1. The Bertz CT molecular complexity index is 918. The van der Waals surface area contributed by atoms with Crippen molar-refractivity contribution in [1.29, 1.82) is 0 Å². The highest BCUT2D eigenvalue weighted by Crippen LogP contribution is 2.27. The smallest absolute Gasteiger partial charge is 0.274 e. The molecule has 0 unspecified atom stereocenters. The molecule has 0 spiro atoms. The molecule has 26 heavy (non-hydrogen) atoms. The maximum atomic E-state index is 12.5. The van der Waals surface area contributed by atoms with Crippen LogP contribution in [0, 0.1) is 0 Å². The number of ether oxygens (including phenoxy) is 1. The molecule has 0 aliphatic rings. The molecule has 2 aromatic carbocycles. The fraction of sp³-hybridized carbons (Fsp3) is 0.105. The molecule has 1 amide bonds. The summed E-state index contributed by atoms with van der Waals surface area (Å²) in [5, 5.41) is 3.18. The van der Waals surface area contributed by atoms with Crippen molar-refractivity contribution >= 4 is 34.8 Å². The molecule has 0 saturated heterocycles. The monoisotopic (exact) mass is 368 g/mol. The minimum atomic E-state index is -0.351. The van der Waals surface area contributed by atoms with Crippen molar-refractivity contribution in [2.45, 2.75) is 0 Å². The van der Waals surface area contributed by atoms with Crippen molar-refractivity contribution < 1.29 is 9.53 Å². The van der Waals surface area contributed by atoms with Gasteiger partial charge in [0, 0.05) is 24.6 Å². The van der Waals surface area contributed by atoms with Gasteiger partial charge in [0.25, 0.3) is 5.91 Å². The average molecular weight is 369 g/mol. The Hall–Kier alpha value is -3.12. The van der Waals surface area contributed by atoms with Crippen LogP contribution in [0.3, 0.4) is 0 Å². The maximum Gasteiger partial charge on any atom is 0.274 e. The van der Waals surface area contributed by atoms with Gasteiger partial charge in [-0.05, 0) is 36.4 Å². The Kier molecular flexibility index (Phi) is 5.34. The molecule has 1 N–H and O–H groups in total. The molecular formula is C19H17ClN4O2. The van der Waals surface area contributed by atoms with Crippen LogP contribution in [0.25, 0.3) is 0 Å². The average Bonchev–Trinajstić information content (AvgIpc) is 2.68. The van der Waals surface area contributed by atoms with Gasteiger partial charge in [-0.1, -0.05) is 29.8 Å². The first-order chi connectivity index (χ1) is 12.6. The lowest BCUT2D eigenvalue weighted by atomic mass is 10.3. The van der Waals surface area contributed by atoms with Crippen molar-refractivity contribution in [3.63, 3.8) is 0 Å². The molecule has 1 aromatic heterocycles. The highest BCUT2D eigenvalue weighted by molar-refractivity contribution is 6.32. The number of carbonyl (C=O) groups is 1. The third-order valence-electron chi connectivity index (χ3n) is 3.73. The minimum absolute atomic E-state index is 0.254. The van der Waals surface area contributed by atoms with E-state index in [4.69, 9.17) is 16.3 Å². The van der Waals surface area contributed by atoms with Gasteiger partial charge in [0.2, 0.25) is 5.95 Å². The Morgan fingerprint density at radius 2 is 1.92 bits per heavy atom. The zero-order valence-corrected chi connectivity index (χ0v) is 15.1. The van der Waals surface area contributed by atoms with Crippen LogP contribution in [0.4, 0.5) is 17.3 Å². The molecule has 0 bridgehead atoms. The van der Waals surface area contributed by atoms with E-state index in [1.54, 1.807) is 35.4 Å². The number of amides is 1. The lowest BCUT2D eigenvalue weighted by Gasteiger charge is -2.17. The van der Waals surface area contributed by atoms with Gasteiger partial charge in [-0.15, -0.1) is 0 Å². The number of anilines is 3. The van der Waals surface area contributed by atoms with Crippen LogP contribution >= 0.6 is 11.6 Å². The fourth-order valence-electron chi connectivity index (χ4n) is 2.34. The molecular weight excluding hydrogens is 352 g/mol. The zero-order valence-electron chi connectivity index (χ0n) is 14.3. The van der Waals surface area contributed by atoms with Gasteiger partial charge in [0.1, 0.15) is 11.4 Å². The van der Waals surface area contributed by atoms with E-state index < -0.39 is 0 Å². The summed E-state index contributed by atoms with van der Waals surface area (Å²) in [5.41, 5.74) is 1.73. The highest BCUT2D eigenvalue weighted by atomic mass is 35.5. The number of aromatic nitrogens is 2. The summed E-state index contributed by atoms with van der Waals surface area (Å²) in [6.45, 7) is 0. The first-order valence-electron chi connectivity index (χ1n) is 7.85. The molecule has 6 nitrogen and oxygen atoms in total. The molecule has 0 aliphatic carbocycles. The fourth-order valence-corrected chi connectivity index (χ4v) is 2.60. The molecule has 0 aliphatic heterocycles. The van der Waals surface area contributed by atoms with E-state index in [-0.39, 0.29) is 11.6 Å². The Labute approximate surface area is 156 Å². The summed E-state index contributed by atoms with van der Waals surface area (Å²) in [6.07, 6.45) is 1.55. The molecule has 0 fully saturated rings. The van der Waals surface area contributed by atoms with E-state index in [2.05, 4.69) is 15.3 Å². The van der Waals surface area contributed by atoms with Crippen molar-refractivity contribution in [2.75, 3.05) is 24.4 Å². The molecule has 0 saturated carbocycles. The van der Waals surface area contributed by atoms with E-state index in [0.717, 1.165) is 5.69 Å². The highest BCUT2D eigenvalue weighted by Gasteiger charge is 2.13. The predicted molar refractivity (Wildman–Crippen MR) is 102 cm³/mol. The van der Waals surface area contributed by atoms with Crippen LogP contribution in [0.15, 0.2) is 60.8 Å². The summed E-state index contributed by atoms with van der Waals surface area (Å²) in [4.78, 5) is 22.9. The number of methoxy groups -OCH3 is 1. The van der Waals surface area contributed by atoms with Gasteiger partial charge in [0.05, 0.1) is 12.1 Å². The lowest BCUT2D eigenvalue weighted by molar-refractivity contribution is 0.102. The standard InChI is InChI=1S/C19H17ClN4O2/c1-24(14-6-4-3-5-7-14)19-21-11-10-16(23-19)18(25)22-13-8-9-17(26-2)15(20)12-13/h3-12H,1-2H3,(H,22,25).